The summed E-state index contributed by atoms with van der Waals surface area (Å²) < 4.78 is 10.5. The van der Waals surface area contributed by atoms with Crippen LogP contribution in [0.1, 0.15) is 30.4 Å². The van der Waals surface area contributed by atoms with Crippen LogP contribution in [0, 0.1) is 0 Å². The van der Waals surface area contributed by atoms with Crippen LogP contribution in [0.5, 0.6) is 11.5 Å². The zero-order chi connectivity index (χ0) is 17.4. The highest BCUT2D eigenvalue weighted by Gasteiger charge is 2.09. The summed E-state index contributed by atoms with van der Waals surface area (Å²) in [6, 6.07) is 15.9. The Morgan fingerprint density at radius 1 is 1.04 bits per heavy atom. The molecule has 4 heteroatoms. The molecule has 0 unspecified atom stereocenters. The number of hydrogen-bond donors (Lipinski definition) is 1. The maximum absolute atomic E-state index is 12.1. The van der Waals surface area contributed by atoms with Crippen LogP contribution in [0.2, 0.25) is 0 Å². The molecule has 0 saturated heterocycles. The van der Waals surface area contributed by atoms with Crippen LogP contribution in [0.25, 0.3) is 0 Å². The van der Waals surface area contributed by atoms with E-state index in [1.165, 1.54) is 5.56 Å². The highest BCUT2D eigenvalue weighted by molar-refractivity contribution is 5.76. The quantitative estimate of drug-likeness (QED) is 0.806. The van der Waals surface area contributed by atoms with Crippen molar-refractivity contribution in [3.63, 3.8) is 0 Å². The third-order valence-corrected chi connectivity index (χ3v) is 4.06. The molecule has 0 spiro atoms. The van der Waals surface area contributed by atoms with Crippen LogP contribution < -0.4 is 14.8 Å². The van der Waals surface area contributed by atoms with Gasteiger partial charge in [0.25, 0.3) is 0 Å². The maximum Gasteiger partial charge on any atom is 0.220 e. The monoisotopic (exact) mass is 327 g/mol. The first-order valence-electron chi connectivity index (χ1n) is 8.16. The standard InChI is InChI=1S/C20H25NO3/c1-15(17-7-5-4-6-8-17)14-21-20(22)12-10-16-9-11-18(23-2)19(13-16)24-3/h4-9,11,13,15H,10,12,14H2,1-3H3,(H,21,22)/t15-/m0/s1. The number of hydrogen-bond acceptors (Lipinski definition) is 3. The number of ether oxygens (including phenoxy) is 2. The van der Waals surface area contributed by atoms with Crippen molar-refractivity contribution in [3.8, 4) is 11.5 Å². The van der Waals surface area contributed by atoms with Gasteiger partial charge in [-0.1, -0.05) is 43.3 Å². The smallest absolute Gasteiger partial charge is 0.220 e. The van der Waals surface area contributed by atoms with Crippen LogP contribution >= 0.6 is 0 Å². The lowest BCUT2D eigenvalue weighted by molar-refractivity contribution is -0.121. The number of rotatable bonds is 8. The molecule has 0 aromatic heterocycles. The molecular formula is C20H25NO3. The Kier molecular flexibility index (Phi) is 6.67. The molecule has 2 aromatic rings. The van der Waals surface area contributed by atoms with E-state index >= 15 is 0 Å². The summed E-state index contributed by atoms with van der Waals surface area (Å²) in [5, 5.41) is 3.01. The molecule has 2 aromatic carbocycles. The van der Waals surface area contributed by atoms with Gasteiger partial charge in [-0.2, -0.15) is 0 Å². The predicted molar refractivity (Wildman–Crippen MR) is 95.7 cm³/mol. The SMILES string of the molecule is COc1ccc(CCC(=O)NC[C@H](C)c2ccccc2)cc1OC. The fraction of sp³-hybridized carbons (Fsp3) is 0.350. The normalized spacial score (nSPS) is 11.6. The molecule has 0 heterocycles. The van der Waals surface area contributed by atoms with E-state index in [9.17, 15) is 4.79 Å². The number of methoxy groups -OCH3 is 2. The highest BCUT2D eigenvalue weighted by atomic mass is 16.5. The second kappa shape index (κ2) is 8.96. The molecule has 0 bridgehead atoms. The summed E-state index contributed by atoms with van der Waals surface area (Å²) in [6.45, 7) is 2.76. The van der Waals surface area contributed by atoms with Gasteiger partial charge in [0.2, 0.25) is 5.91 Å². The molecule has 0 aliphatic rings. The lowest BCUT2D eigenvalue weighted by Crippen LogP contribution is -2.27. The lowest BCUT2D eigenvalue weighted by Gasteiger charge is -2.13. The van der Waals surface area contributed by atoms with E-state index in [2.05, 4.69) is 24.4 Å². The van der Waals surface area contributed by atoms with E-state index in [4.69, 9.17) is 9.47 Å². The Hall–Kier alpha value is -2.49. The molecule has 1 atom stereocenters. The van der Waals surface area contributed by atoms with E-state index < -0.39 is 0 Å². The summed E-state index contributed by atoms with van der Waals surface area (Å²) in [6.07, 6.45) is 1.13. The minimum absolute atomic E-state index is 0.0626. The molecular weight excluding hydrogens is 302 g/mol. The van der Waals surface area contributed by atoms with Gasteiger partial charge in [-0.15, -0.1) is 0 Å². The van der Waals surface area contributed by atoms with Crippen LogP contribution in [-0.4, -0.2) is 26.7 Å². The molecule has 0 aliphatic heterocycles. The van der Waals surface area contributed by atoms with Gasteiger partial charge in [0.05, 0.1) is 14.2 Å². The molecule has 2 rings (SSSR count). The first-order chi connectivity index (χ1) is 11.6. The molecule has 0 saturated carbocycles. The van der Waals surface area contributed by atoms with E-state index in [0.29, 0.717) is 36.8 Å². The first kappa shape index (κ1) is 17.9. The van der Waals surface area contributed by atoms with Gasteiger partial charge in [0.1, 0.15) is 0 Å². The van der Waals surface area contributed by atoms with Gasteiger partial charge in [0, 0.05) is 13.0 Å². The Morgan fingerprint density at radius 3 is 2.42 bits per heavy atom. The summed E-state index contributed by atoms with van der Waals surface area (Å²) in [5.74, 6) is 1.75. The van der Waals surface area contributed by atoms with Crippen molar-refractivity contribution < 1.29 is 14.3 Å². The van der Waals surface area contributed by atoms with Gasteiger partial charge in [0.15, 0.2) is 11.5 Å². The predicted octanol–water partition coefficient (Wildman–Crippen LogP) is 3.56. The molecule has 0 radical (unpaired) electrons. The van der Waals surface area contributed by atoms with Gasteiger partial charge >= 0.3 is 0 Å². The summed E-state index contributed by atoms with van der Waals surface area (Å²) in [7, 11) is 3.22. The number of aryl methyl sites for hydroxylation is 1. The Balaban J connectivity index is 1.81. The van der Waals surface area contributed by atoms with Gasteiger partial charge < -0.3 is 14.8 Å². The average Bonchev–Trinajstić information content (AvgIpc) is 2.64. The minimum Gasteiger partial charge on any atom is -0.493 e. The molecule has 4 nitrogen and oxygen atoms in total. The molecule has 0 aliphatic carbocycles. The zero-order valence-electron chi connectivity index (χ0n) is 14.5. The van der Waals surface area contributed by atoms with Crippen molar-refractivity contribution in [2.75, 3.05) is 20.8 Å². The number of nitrogens with one attached hydrogen (secondary N) is 1. The van der Waals surface area contributed by atoms with Crippen LogP contribution in [0.4, 0.5) is 0 Å². The molecule has 1 N–H and O–H groups in total. The first-order valence-corrected chi connectivity index (χ1v) is 8.16. The average molecular weight is 327 g/mol. The fourth-order valence-corrected chi connectivity index (χ4v) is 2.55. The van der Waals surface area contributed by atoms with Crippen LogP contribution in [-0.2, 0) is 11.2 Å². The third-order valence-electron chi connectivity index (χ3n) is 4.06. The summed E-state index contributed by atoms with van der Waals surface area (Å²) in [4.78, 5) is 12.1. The van der Waals surface area contributed by atoms with Gasteiger partial charge in [-0.05, 0) is 35.6 Å². The summed E-state index contributed by atoms with van der Waals surface area (Å²) >= 11 is 0. The van der Waals surface area contributed by atoms with Crippen molar-refractivity contribution in [1.29, 1.82) is 0 Å². The number of carbonyl (C=O) groups is 1. The van der Waals surface area contributed by atoms with Crippen LogP contribution in [0.3, 0.4) is 0 Å². The Morgan fingerprint density at radius 2 is 1.75 bits per heavy atom. The van der Waals surface area contributed by atoms with Crippen LogP contribution in [0.15, 0.2) is 48.5 Å². The largest absolute Gasteiger partial charge is 0.493 e. The maximum atomic E-state index is 12.1. The second-order valence-corrected chi connectivity index (χ2v) is 5.81. The molecule has 24 heavy (non-hydrogen) atoms. The Bertz CT molecular complexity index is 655. The lowest BCUT2D eigenvalue weighted by atomic mass is 10.0. The topological polar surface area (TPSA) is 47.6 Å². The van der Waals surface area contributed by atoms with E-state index in [1.54, 1.807) is 14.2 Å². The summed E-state index contributed by atoms with van der Waals surface area (Å²) in [5.41, 5.74) is 2.29. The van der Waals surface area contributed by atoms with Crippen molar-refractivity contribution >= 4 is 5.91 Å². The minimum atomic E-state index is 0.0626. The fourth-order valence-electron chi connectivity index (χ4n) is 2.55. The van der Waals surface area contributed by atoms with Crippen molar-refractivity contribution in [1.82, 2.24) is 5.32 Å². The van der Waals surface area contributed by atoms with Crippen molar-refractivity contribution in [2.45, 2.75) is 25.7 Å². The molecule has 0 fully saturated rings. The zero-order valence-corrected chi connectivity index (χ0v) is 14.5. The second-order valence-electron chi connectivity index (χ2n) is 5.81. The van der Waals surface area contributed by atoms with Gasteiger partial charge in [-0.25, -0.2) is 0 Å². The Labute approximate surface area is 143 Å². The van der Waals surface area contributed by atoms with Gasteiger partial charge in [-0.3, -0.25) is 4.79 Å². The number of carbonyl (C=O) groups excluding carboxylic acids is 1. The van der Waals surface area contributed by atoms with E-state index in [1.807, 2.05) is 36.4 Å². The third kappa shape index (κ3) is 5.01. The van der Waals surface area contributed by atoms with Crippen molar-refractivity contribution in [2.24, 2.45) is 0 Å². The number of amides is 1. The molecule has 128 valence electrons. The van der Waals surface area contributed by atoms with Crippen molar-refractivity contribution in [3.05, 3.63) is 59.7 Å². The molecule has 1 amide bonds. The number of benzene rings is 2. The van der Waals surface area contributed by atoms with E-state index in [0.717, 1.165) is 5.56 Å². The van der Waals surface area contributed by atoms with E-state index in [-0.39, 0.29) is 5.91 Å². The highest BCUT2D eigenvalue weighted by Crippen LogP contribution is 2.27.